The molecule has 2 aliphatic rings. The second-order valence-electron chi connectivity index (χ2n) is 7.46. The van der Waals surface area contributed by atoms with Crippen LogP contribution in [0.1, 0.15) is 56.3 Å². The Morgan fingerprint density at radius 2 is 1.81 bits per heavy atom. The van der Waals surface area contributed by atoms with Crippen LogP contribution in [0.25, 0.3) is 0 Å². The molecular formula is C20H30N2O3S. The molecule has 0 spiro atoms. The van der Waals surface area contributed by atoms with Gasteiger partial charge in [-0.05, 0) is 42.9 Å². The molecule has 0 radical (unpaired) electrons. The fraction of sp³-hybridized carbons (Fsp3) is 0.650. The summed E-state index contributed by atoms with van der Waals surface area (Å²) in [5.41, 5.74) is 0.479. The third-order valence-corrected chi connectivity index (χ3v) is 8.05. The zero-order valence-electron chi connectivity index (χ0n) is 15.9. The van der Waals surface area contributed by atoms with Crippen LogP contribution in [0.2, 0.25) is 0 Å². The van der Waals surface area contributed by atoms with Crippen molar-refractivity contribution in [3.63, 3.8) is 0 Å². The van der Waals surface area contributed by atoms with E-state index in [0.29, 0.717) is 24.6 Å². The number of hydrogen-bond donors (Lipinski definition) is 0. The molecule has 0 aromatic heterocycles. The second kappa shape index (κ2) is 8.09. The van der Waals surface area contributed by atoms with Crippen molar-refractivity contribution in [2.45, 2.75) is 50.8 Å². The summed E-state index contributed by atoms with van der Waals surface area (Å²) in [5.74, 6) is 1.34. The highest BCUT2D eigenvalue weighted by atomic mass is 32.2. The van der Waals surface area contributed by atoms with Gasteiger partial charge in [-0.3, -0.25) is 4.79 Å². The summed E-state index contributed by atoms with van der Waals surface area (Å²) < 4.78 is 26.9. The first-order chi connectivity index (χ1) is 12.5. The molecule has 26 heavy (non-hydrogen) atoms. The number of sulfonamides is 1. The van der Waals surface area contributed by atoms with Gasteiger partial charge in [-0.15, -0.1) is 0 Å². The van der Waals surface area contributed by atoms with E-state index in [-0.39, 0.29) is 10.8 Å². The number of hydrogen-bond acceptors (Lipinski definition) is 3. The zero-order chi connectivity index (χ0) is 18.7. The van der Waals surface area contributed by atoms with Gasteiger partial charge >= 0.3 is 0 Å². The number of amides is 1. The van der Waals surface area contributed by atoms with Crippen LogP contribution in [0, 0.1) is 11.8 Å². The molecule has 1 aliphatic heterocycles. The summed E-state index contributed by atoms with van der Waals surface area (Å²) in [7, 11) is -3.54. The van der Waals surface area contributed by atoms with Crippen molar-refractivity contribution >= 4 is 15.9 Å². The maximum absolute atomic E-state index is 13.0. The molecule has 1 aliphatic carbocycles. The summed E-state index contributed by atoms with van der Waals surface area (Å²) in [6.45, 7) is 6.09. The van der Waals surface area contributed by atoms with Gasteiger partial charge < -0.3 is 4.90 Å². The van der Waals surface area contributed by atoms with Crippen LogP contribution in [-0.2, 0) is 10.0 Å². The lowest BCUT2D eigenvalue weighted by Gasteiger charge is -2.41. The lowest BCUT2D eigenvalue weighted by Crippen LogP contribution is -2.44. The number of piperidine rings is 1. The molecule has 1 saturated heterocycles. The molecule has 1 saturated carbocycles. The van der Waals surface area contributed by atoms with Crippen molar-refractivity contribution in [2.24, 2.45) is 11.8 Å². The lowest BCUT2D eigenvalue weighted by molar-refractivity contribution is 0.0520. The minimum absolute atomic E-state index is 0.0365. The Balaban J connectivity index is 1.78. The Labute approximate surface area is 157 Å². The van der Waals surface area contributed by atoms with Crippen LogP contribution in [0.4, 0.5) is 0 Å². The number of rotatable bonds is 5. The first kappa shape index (κ1) is 19.4. The van der Waals surface area contributed by atoms with Gasteiger partial charge in [0, 0.05) is 31.7 Å². The monoisotopic (exact) mass is 378 g/mol. The molecule has 0 unspecified atom stereocenters. The molecular weight excluding hydrogens is 348 g/mol. The standard InChI is InChI=1S/C20H30N2O3S/c1-3-22(4-2)26(24,25)19-11-7-10-17(14-19)20(23)21-13-12-16-8-5-6-9-18(16)15-21/h7,10-11,14,16,18H,3-6,8-9,12-13,15H2,1-2H3/t16-,18+/m1/s1. The van der Waals surface area contributed by atoms with E-state index in [1.807, 2.05) is 18.7 Å². The molecule has 3 rings (SSSR count). The summed E-state index contributed by atoms with van der Waals surface area (Å²) in [5, 5.41) is 0. The lowest BCUT2D eigenvalue weighted by atomic mass is 9.75. The molecule has 5 nitrogen and oxygen atoms in total. The van der Waals surface area contributed by atoms with E-state index in [9.17, 15) is 13.2 Å². The van der Waals surface area contributed by atoms with Gasteiger partial charge in [-0.25, -0.2) is 8.42 Å². The predicted molar refractivity (Wildman–Crippen MR) is 103 cm³/mol. The van der Waals surface area contributed by atoms with Gasteiger partial charge in [0.25, 0.3) is 5.91 Å². The second-order valence-corrected chi connectivity index (χ2v) is 9.40. The highest BCUT2D eigenvalue weighted by Gasteiger charge is 2.33. The van der Waals surface area contributed by atoms with Crippen molar-refractivity contribution in [2.75, 3.05) is 26.2 Å². The maximum Gasteiger partial charge on any atom is 0.253 e. The van der Waals surface area contributed by atoms with E-state index in [2.05, 4.69) is 0 Å². The Bertz CT molecular complexity index is 743. The number of benzene rings is 1. The third-order valence-electron chi connectivity index (χ3n) is 6.00. The topological polar surface area (TPSA) is 57.7 Å². The van der Waals surface area contributed by atoms with E-state index in [1.54, 1.807) is 24.3 Å². The minimum Gasteiger partial charge on any atom is -0.338 e. The summed E-state index contributed by atoms with van der Waals surface area (Å²) >= 11 is 0. The quantitative estimate of drug-likeness (QED) is 0.789. The van der Waals surface area contributed by atoms with Gasteiger partial charge in [-0.1, -0.05) is 39.2 Å². The van der Waals surface area contributed by atoms with Crippen molar-refractivity contribution < 1.29 is 13.2 Å². The summed E-state index contributed by atoms with van der Waals surface area (Å²) in [4.78, 5) is 15.1. The number of nitrogens with zero attached hydrogens (tertiary/aromatic N) is 2. The molecule has 1 amide bonds. The molecule has 0 bridgehead atoms. The van der Waals surface area contributed by atoms with Crippen LogP contribution in [0.3, 0.4) is 0 Å². The fourth-order valence-corrected chi connectivity index (χ4v) is 5.97. The maximum atomic E-state index is 13.0. The van der Waals surface area contributed by atoms with Crippen LogP contribution >= 0.6 is 0 Å². The Kier molecular flexibility index (Phi) is 6.03. The number of fused-ring (bicyclic) bond motifs is 1. The predicted octanol–water partition coefficient (Wildman–Crippen LogP) is 3.37. The third kappa shape index (κ3) is 3.81. The molecule has 1 heterocycles. The summed E-state index contributed by atoms with van der Waals surface area (Å²) in [6.07, 6.45) is 6.17. The van der Waals surface area contributed by atoms with E-state index in [0.717, 1.165) is 25.4 Å². The zero-order valence-corrected chi connectivity index (χ0v) is 16.7. The van der Waals surface area contributed by atoms with Crippen LogP contribution in [0.5, 0.6) is 0 Å². The van der Waals surface area contributed by atoms with E-state index in [1.165, 1.54) is 30.0 Å². The minimum atomic E-state index is -3.54. The highest BCUT2D eigenvalue weighted by molar-refractivity contribution is 7.89. The SMILES string of the molecule is CCN(CC)S(=O)(=O)c1cccc(C(=O)N2CC[C@H]3CCCC[C@H]3C2)c1. The Morgan fingerprint density at radius 1 is 1.12 bits per heavy atom. The summed E-state index contributed by atoms with van der Waals surface area (Å²) in [6, 6.07) is 6.54. The van der Waals surface area contributed by atoms with Crippen LogP contribution in [-0.4, -0.2) is 49.7 Å². The number of carbonyl (C=O) groups excluding carboxylic acids is 1. The van der Waals surface area contributed by atoms with E-state index in [4.69, 9.17) is 0 Å². The van der Waals surface area contributed by atoms with Crippen molar-refractivity contribution in [1.82, 2.24) is 9.21 Å². The first-order valence-electron chi connectivity index (χ1n) is 9.86. The number of carbonyl (C=O) groups is 1. The van der Waals surface area contributed by atoms with E-state index < -0.39 is 10.0 Å². The van der Waals surface area contributed by atoms with Gasteiger partial charge in [0.1, 0.15) is 0 Å². The average molecular weight is 379 g/mol. The van der Waals surface area contributed by atoms with Crippen LogP contribution in [0.15, 0.2) is 29.2 Å². The molecule has 2 atom stereocenters. The molecule has 6 heteroatoms. The Hall–Kier alpha value is -1.40. The highest BCUT2D eigenvalue weighted by Crippen LogP contribution is 2.36. The van der Waals surface area contributed by atoms with E-state index >= 15 is 0 Å². The largest absolute Gasteiger partial charge is 0.338 e. The molecule has 2 fully saturated rings. The first-order valence-corrected chi connectivity index (χ1v) is 11.3. The molecule has 144 valence electrons. The Morgan fingerprint density at radius 3 is 2.50 bits per heavy atom. The molecule has 0 N–H and O–H groups in total. The molecule has 1 aromatic rings. The van der Waals surface area contributed by atoms with Crippen molar-refractivity contribution in [3.8, 4) is 0 Å². The van der Waals surface area contributed by atoms with Crippen LogP contribution < -0.4 is 0 Å². The van der Waals surface area contributed by atoms with Gasteiger partial charge in [-0.2, -0.15) is 4.31 Å². The van der Waals surface area contributed by atoms with Crippen molar-refractivity contribution in [1.29, 1.82) is 0 Å². The van der Waals surface area contributed by atoms with Gasteiger partial charge in [0.15, 0.2) is 0 Å². The van der Waals surface area contributed by atoms with Gasteiger partial charge in [0.2, 0.25) is 10.0 Å². The fourth-order valence-electron chi connectivity index (χ4n) is 4.47. The smallest absolute Gasteiger partial charge is 0.253 e. The number of likely N-dealkylation sites (tertiary alicyclic amines) is 1. The molecule has 1 aromatic carbocycles. The van der Waals surface area contributed by atoms with Crippen molar-refractivity contribution in [3.05, 3.63) is 29.8 Å². The normalized spacial score (nSPS) is 23.7. The van der Waals surface area contributed by atoms with Gasteiger partial charge in [0.05, 0.1) is 4.90 Å². The average Bonchev–Trinajstić information content (AvgIpc) is 2.68.